The number of benzene rings is 1. The number of aryl methyl sites for hydroxylation is 1. The summed E-state index contributed by atoms with van der Waals surface area (Å²) in [6.07, 6.45) is 3.07. The number of carbonyl (C=O) groups is 1. The van der Waals surface area contributed by atoms with Crippen molar-refractivity contribution in [2.45, 2.75) is 38.8 Å². The van der Waals surface area contributed by atoms with E-state index in [0.717, 1.165) is 23.1 Å². The van der Waals surface area contributed by atoms with Crippen LogP contribution in [0.4, 0.5) is 20.2 Å². The molecule has 0 radical (unpaired) electrons. The first kappa shape index (κ1) is 18.6. The molecule has 1 aliphatic carbocycles. The molecule has 156 valence electrons. The minimum atomic E-state index is -1.46. The summed E-state index contributed by atoms with van der Waals surface area (Å²) in [5, 5.41) is 16.1. The van der Waals surface area contributed by atoms with Gasteiger partial charge in [-0.1, -0.05) is 0 Å². The van der Waals surface area contributed by atoms with Gasteiger partial charge in [-0.15, -0.1) is 0 Å². The number of hydrogen-bond donors (Lipinski definition) is 3. The molecule has 0 saturated heterocycles. The zero-order chi connectivity index (χ0) is 21.3. The Balaban J connectivity index is 1.78. The minimum Gasteiger partial charge on any atom is -0.477 e. The van der Waals surface area contributed by atoms with E-state index in [4.69, 9.17) is 5.73 Å². The van der Waals surface area contributed by atoms with Gasteiger partial charge in [0.2, 0.25) is 5.43 Å². The number of aromatic nitrogens is 3. The number of carboxylic acid groups (broad SMARTS) is 1. The second-order valence-electron chi connectivity index (χ2n) is 7.87. The number of hydrogen-bond acceptors (Lipinski definition) is 5. The Kier molecular flexibility index (Phi) is 3.89. The lowest BCUT2D eigenvalue weighted by atomic mass is 10.0. The molecule has 0 bridgehead atoms. The lowest BCUT2D eigenvalue weighted by Crippen LogP contribution is -2.33. The normalized spacial score (nSPS) is 16.2. The summed E-state index contributed by atoms with van der Waals surface area (Å²) >= 11 is 0. The van der Waals surface area contributed by atoms with Gasteiger partial charge in [-0.05, 0) is 19.8 Å². The van der Waals surface area contributed by atoms with Gasteiger partial charge in [-0.2, -0.15) is 5.10 Å². The molecule has 4 N–H and O–H groups in total. The highest BCUT2D eigenvalue weighted by Gasteiger charge is 2.34. The molecule has 10 heteroatoms. The van der Waals surface area contributed by atoms with Crippen LogP contribution in [0, 0.1) is 18.6 Å². The fourth-order valence-corrected chi connectivity index (χ4v) is 4.24. The van der Waals surface area contributed by atoms with E-state index in [0.29, 0.717) is 25.8 Å². The summed E-state index contributed by atoms with van der Waals surface area (Å²) in [6.45, 7) is 2.42. The first-order valence-corrected chi connectivity index (χ1v) is 9.65. The van der Waals surface area contributed by atoms with Crippen LogP contribution in [0.2, 0.25) is 0 Å². The molecule has 1 aliphatic heterocycles. The van der Waals surface area contributed by atoms with Gasteiger partial charge in [0.1, 0.15) is 11.3 Å². The van der Waals surface area contributed by atoms with E-state index < -0.39 is 39.7 Å². The molecular weight excluding hydrogens is 396 g/mol. The standard InChI is InChI=1S/C20H19F2N5O3/c1-8-10-6-26(5-4-12(10)25-24-8)18-14(21)16(23)13-17(15(18)22)27(9-2-3-9)7-11(19(13)28)20(29)30/h7,9H,2-6,23H2,1H3,(H,24,25)(H,29,30). The smallest absolute Gasteiger partial charge is 0.341 e. The van der Waals surface area contributed by atoms with E-state index >= 15 is 8.78 Å². The molecule has 0 unspecified atom stereocenters. The molecule has 3 aromatic rings. The van der Waals surface area contributed by atoms with Crippen molar-refractivity contribution in [3.8, 4) is 0 Å². The number of pyridine rings is 1. The molecular formula is C20H19F2N5O3. The number of aromatic amines is 1. The van der Waals surface area contributed by atoms with Gasteiger partial charge in [0, 0.05) is 43.0 Å². The van der Waals surface area contributed by atoms with E-state index in [9.17, 15) is 14.7 Å². The number of aromatic carboxylic acids is 1. The van der Waals surface area contributed by atoms with Crippen LogP contribution >= 0.6 is 0 Å². The third-order valence-corrected chi connectivity index (χ3v) is 5.98. The van der Waals surface area contributed by atoms with E-state index in [2.05, 4.69) is 10.2 Å². The van der Waals surface area contributed by atoms with E-state index in [-0.39, 0.29) is 23.8 Å². The maximum absolute atomic E-state index is 15.8. The highest BCUT2D eigenvalue weighted by Crippen LogP contribution is 2.42. The number of rotatable bonds is 3. The number of H-pyrrole nitrogens is 1. The lowest BCUT2D eigenvalue weighted by molar-refractivity contribution is 0.0695. The van der Waals surface area contributed by atoms with Crippen molar-refractivity contribution < 1.29 is 18.7 Å². The number of nitrogens with zero attached hydrogens (tertiary/aromatic N) is 3. The lowest BCUT2D eigenvalue weighted by Gasteiger charge is -2.30. The van der Waals surface area contributed by atoms with Crippen LogP contribution < -0.4 is 16.1 Å². The van der Waals surface area contributed by atoms with Gasteiger partial charge < -0.3 is 20.3 Å². The van der Waals surface area contributed by atoms with Crippen LogP contribution in [0.3, 0.4) is 0 Å². The van der Waals surface area contributed by atoms with Crippen LogP contribution in [0.25, 0.3) is 10.9 Å². The Morgan fingerprint density at radius 1 is 1.33 bits per heavy atom. The molecule has 0 amide bonds. The molecule has 1 fully saturated rings. The zero-order valence-electron chi connectivity index (χ0n) is 16.1. The predicted molar refractivity (Wildman–Crippen MR) is 106 cm³/mol. The van der Waals surface area contributed by atoms with Gasteiger partial charge in [0.15, 0.2) is 11.6 Å². The maximum Gasteiger partial charge on any atom is 0.341 e. The van der Waals surface area contributed by atoms with Crippen molar-refractivity contribution in [2.75, 3.05) is 17.2 Å². The van der Waals surface area contributed by atoms with Crippen molar-refractivity contribution in [3.05, 3.63) is 50.6 Å². The third-order valence-electron chi connectivity index (χ3n) is 5.98. The van der Waals surface area contributed by atoms with Gasteiger partial charge in [-0.25, -0.2) is 13.6 Å². The number of halogens is 2. The second-order valence-corrected chi connectivity index (χ2v) is 7.87. The number of nitrogen functional groups attached to an aromatic ring is 1. The Labute approximate surface area is 168 Å². The Bertz CT molecular complexity index is 1290. The summed E-state index contributed by atoms with van der Waals surface area (Å²) < 4.78 is 32.5. The van der Waals surface area contributed by atoms with Crippen molar-refractivity contribution >= 4 is 28.2 Å². The summed E-state index contributed by atoms with van der Waals surface area (Å²) in [6, 6.07) is -0.150. The topological polar surface area (TPSA) is 117 Å². The molecule has 5 rings (SSSR count). The minimum absolute atomic E-state index is 0.142. The maximum atomic E-state index is 15.8. The van der Waals surface area contributed by atoms with Gasteiger partial charge in [0.25, 0.3) is 0 Å². The second kappa shape index (κ2) is 6.28. The Morgan fingerprint density at radius 2 is 2.07 bits per heavy atom. The number of nitrogens with one attached hydrogen (secondary N) is 1. The molecule has 3 heterocycles. The average molecular weight is 415 g/mol. The quantitative estimate of drug-likeness (QED) is 0.566. The van der Waals surface area contributed by atoms with Crippen LogP contribution in [0.5, 0.6) is 0 Å². The SMILES string of the molecule is Cc1[nH]nc2c1CN(c1c(F)c(N)c3c(=O)c(C(=O)O)cn(C4CC4)c3c1F)CC2. The zero-order valence-corrected chi connectivity index (χ0v) is 16.1. The molecule has 30 heavy (non-hydrogen) atoms. The van der Waals surface area contributed by atoms with Crippen molar-refractivity contribution in [3.63, 3.8) is 0 Å². The summed E-state index contributed by atoms with van der Waals surface area (Å²) in [4.78, 5) is 25.8. The fourth-order valence-electron chi connectivity index (χ4n) is 4.24. The third kappa shape index (κ3) is 2.52. The van der Waals surface area contributed by atoms with E-state index in [1.54, 1.807) is 4.90 Å². The van der Waals surface area contributed by atoms with Gasteiger partial charge in [-0.3, -0.25) is 9.89 Å². The number of anilines is 2. The average Bonchev–Trinajstić information content (AvgIpc) is 3.49. The predicted octanol–water partition coefficient (Wildman–Crippen LogP) is 2.49. The van der Waals surface area contributed by atoms with E-state index in [1.165, 1.54) is 4.57 Å². The molecule has 8 nitrogen and oxygen atoms in total. The van der Waals surface area contributed by atoms with Gasteiger partial charge >= 0.3 is 5.97 Å². The fraction of sp³-hybridized carbons (Fsp3) is 0.350. The van der Waals surface area contributed by atoms with Crippen LogP contribution in [0.15, 0.2) is 11.0 Å². The highest BCUT2D eigenvalue weighted by molar-refractivity contribution is 5.99. The molecule has 0 spiro atoms. The molecule has 2 aromatic heterocycles. The van der Waals surface area contributed by atoms with Crippen molar-refractivity contribution in [1.29, 1.82) is 0 Å². The Morgan fingerprint density at radius 3 is 2.73 bits per heavy atom. The van der Waals surface area contributed by atoms with Gasteiger partial charge in [0.05, 0.1) is 22.3 Å². The number of fused-ring (bicyclic) bond motifs is 2. The van der Waals surface area contributed by atoms with Crippen LogP contribution in [-0.4, -0.2) is 32.4 Å². The largest absolute Gasteiger partial charge is 0.477 e. The Hall–Kier alpha value is -3.43. The summed E-state index contributed by atoms with van der Waals surface area (Å²) in [5.41, 5.74) is 6.02. The molecule has 2 aliphatic rings. The summed E-state index contributed by atoms with van der Waals surface area (Å²) in [7, 11) is 0. The monoisotopic (exact) mass is 415 g/mol. The molecule has 1 aromatic carbocycles. The first-order valence-electron chi connectivity index (χ1n) is 9.65. The van der Waals surface area contributed by atoms with Crippen LogP contribution in [-0.2, 0) is 13.0 Å². The van der Waals surface area contributed by atoms with E-state index in [1.807, 2.05) is 6.92 Å². The number of nitrogens with two attached hydrogens (primary N) is 1. The van der Waals surface area contributed by atoms with Crippen molar-refractivity contribution in [1.82, 2.24) is 14.8 Å². The van der Waals surface area contributed by atoms with Crippen LogP contribution in [0.1, 0.15) is 46.2 Å². The first-order chi connectivity index (χ1) is 14.3. The molecule has 1 saturated carbocycles. The summed E-state index contributed by atoms with van der Waals surface area (Å²) in [5.74, 6) is -3.41. The molecule has 0 atom stereocenters. The number of carboxylic acids is 1. The van der Waals surface area contributed by atoms with Crippen molar-refractivity contribution in [2.24, 2.45) is 0 Å². The highest BCUT2D eigenvalue weighted by atomic mass is 19.1.